The summed E-state index contributed by atoms with van der Waals surface area (Å²) < 4.78 is 0. The van der Waals surface area contributed by atoms with Crippen molar-refractivity contribution in [3.8, 4) is 17.2 Å². The van der Waals surface area contributed by atoms with E-state index < -0.39 is 11.9 Å². The summed E-state index contributed by atoms with van der Waals surface area (Å²) in [5.41, 5.74) is 5.65. The average molecular weight is 283 g/mol. The van der Waals surface area contributed by atoms with Crippen LogP contribution >= 0.6 is 0 Å². The van der Waals surface area contributed by atoms with E-state index in [2.05, 4.69) is 0 Å². The van der Waals surface area contributed by atoms with Gasteiger partial charge < -0.3 is 26.2 Å². The third-order valence-electron chi connectivity index (χ3n) is 3.77. The van der Waals surface area contributed by atoms with Crippen molar-refractivity contribution in [2.75, 3.05) is 6.54 Å². The Morgan fingerprint density at radius 2 is 1.75 bits per heavy atom. The molecule has 0 bridgehead atoms. The molecule has 0 fully saturated rings. The van der Waals surface area contributed by atoms with Crippen LogP contribution in [0.5, 0.6) is 17.2 Å². The summed E-state index contributed by atoms with van der Waals surface area (Å²) >= 11 is 0. The van der Waals surface area contributed by atoms with Gasteiger partial charge in [-0.3, -0.25) is 4.79 Å². The smallest absolute Gasteiger partial charge is 0.307 e. The van der Waals surface area contributed by atoms with E-state index in [0.29, 0.717) is 6.42 Å². The predicted molar refractivity (Wildman–Crippen MR) is 73.8 cm³/mol. The SMILES string of the molecule is CC(CC(CN)C(=O)O)C(C)c1c(O)ccc(O)c1O. The van der Waals surface area contributed by atoms with Crippen molar-refractivity contribution in [1.29, 1.82) is 0 Å². The average Bonchev–Trinajstić information content (AvgIpc) is 2.39. The van der Waals surface area contributed by atoms with Crippen molar-refractivity contribution in [3.63, 3.8) is 0 Å². The zero-order valence-electron chi connectivity index (χ0n) is 11.6. The zero-order valence-corrected chi connectivity index (χ0v) is 11.6. The van der Waals surface area contributed by atoms with E-state index >= 15 is 0 Å². The van der Waals surface area contributed by atoms with Crippen LogP contribution in [-0.4, -0.2) is 32.9 Å². The van der Waals surface area contributed by atoms with E-state index in [9.17, 15) is 20.1 Å². The van der Waals surface area contributed by atoms with Crippen molar-refractivity contribution in [2.24, 2.45) is 17.6 Å². The second-order valence-electron chi connectivity index (χ2n) is 5.14. The van der Waals surface area contributed by atoms with Gasteiger partial charge in [-0.05, 0) is 30.4 Å². The van der Waals surface area contributed by atoms with Gasteiger partial charge in [0.1, 0.15) is 5.75 Å². The van der Waals surface area contributed by atoms with Crippen LogP contribution in [0.4, 0.5) is 0 Å². The molecular weight excluding hydrogens is 262 g/mol. The molecule has 3 atom stereocenters. The molecule has 20 heavy (non-hydrogen) atoms. The van der Waals surface area contributed by atoms with Crippen LogP contribution in [-0.2, 0) is 4.79 Å². The van der Waals surface area contributed by atoms with Crippen LogP contribution < -0.4 is 5.73 Å². The van der Waals surface area contributed by atoms with Gasteiger partial charge in [0.05, 0.1) is 5.92 Å². The monoisotopic (exact) mass is 283 g/mol. The molecule has 1 aromatic carbocycles. The standard InChI is InChI=1S/C14H21NO5/c1-7(5-9(6-15)14(19)20)8(2)12-10(16)3-4-11(17)13(12)18/h3-4,7-9,16-18H,5-6,15H2,1-2H3,(H,19,20). The van der Waals surface area contributed by atoms with Gasteiger partial charge >= 0.3 is 5.97 Å². The summed E-state index contributed by atoms with van der Waals surface area (Å²) in [4.78, 5) is 11.0. The van der Waals surface area contributed by atoms with E-state index in [1.165, 1.54) is 12.1 Å². The molecule has 0 heterocycles. The summed E-state index contributed by atoms with van der Waals surface area (Å²) in [5, 5.41) is 38.2. The fraction of sp³-hybridized carbons (Fsp3) is 0.500. The molecule has 6 nitrogen and oxygen atoms in total. The molecule has 0 radical (unpaired) electrons. The lowest BCUT2D eigenvalue weighted by atomic mass is 9.82. The molecule has 0 aliphatic heterocycles. The third kappa shape index (κ3) is 3.33. The molecular formula is C14H21NO5. The van der Waals surface area contributed by atoms with Crippen LogP contribution in [0.15, 0.2) is 12.1 Å². The molecule has 112 valence electrons. The number of carboxylic acid groups (broad SMARTS) is 1. The molecule has 6 N–H and O–H groups in total. The van der Waals surface area contributed by atoms with E-state index in [4.69, 9.17) is 10.8 Å². The molecule has 3 unspecified atom stereocenters. The first kappa shape index (κ1) is 16.1. The van der Waals surface area contributed by atoms with Crippen LogP contribution in [0.25, 0.3) is 0 Å². The number of hydrogen-bond acceptors (Lipinski definition) is 5. The number of phenolic OH excluding ortho intramolecular Hbond substituents is 3. The van der Waals surface area contributed by atoms with Crippen LogP contribution in [0.3, 0.4) is 0 Å². The Hall–Kier alpha value is -1.95. The fourth-order valence-corrected chi connectivity index (χ4v) is 2.27. The van der Waals surface area contributed by atoms with Crippen LogP contribution in [0.2, 0.25) is 0 Å². The quantitative estimate of drug-likeness (QED) is 0.399. The van der Waals surface area contributed by atoms with Crippen LogP contribution in [0.1, 0.15) is 31.7 Å². The lowest BCUT2D eigenvalue weighted by molar-refractivity contribution is -0.142. The first-order chi connectivity index (χ1) is 9.29. The number of aliphatic carboxylic acids is 1. The van der Waals surface area contributed by atoms with Gasteiger partial charge in [0.2, 0.25) is 0 Å². The highest BCUT2D eigenvalue weighted by Crippen LogP contribution is 2.43. The maximum atomic E-state index is 11.0. The van der Waals surface area contributed by atoms with E-state index in [0.717, 1.165) is 0 Å². The summed E-state index contributed by atoms with van der Waals surface area (Å²) in [6, 6.07) is 2.50. The molecule has 1 aromatic rings. The molecule has 0 spiro atoms. The topological polar surface area (TPSA) is 124 Å². The normalized spacial score (nSPS) is 15.6. The minimum absolute atomic E-state index is 0.0321. The minimum atomic E-state index is -0.962. The Bertz CT molecular complexity index is 489. The van der Waals surface area contributed by atoms with Crippen molar-refractivity contribution in [3.05, 3.63) is 17.7 Å². The van der Waals surface area contributed by atoms with Crippen molar-refractivity contribution in [1.82, 2.24) is 0 Å². The second kappa shape index (κ2) is 6.47. The number of carboxylic acids is 1. The zero-order chi connectivity index (χ0) is 15.4. The number of phenols is 3. The Morgan fingerprint density at radius 1 is 1.20 bits per heavy atom. The summed E-state index contributed by atoms with van der Waals surface area (Å²) in [6.07, 6.45) is 0.321. The summed E-state index contributed by atoms with van der Waals surface area (Å²) in [7, 11) is 0. The number of nitrogens with two attached hydrogens (primary N) is 1. The van der Waals surface area contributed by atoms with Crippen molar-refractivity contribution in [2.45, 2.75) is 26.2 Å². The lowest BCUT2D eigenvalue weighted by Crippen LogP contribution is -2.26. The van der Waals surface area contributed by atoms with Gasteiger partial charge in [-0.1, -0.05) is 13.8 Å². The number of aromatic hydroxyl groups is 3. The first-order valence-corrected chi connectivity index (χ1v) is 6.46. The lowest BCUT2D eigenvalue weighted by Gasteiger charge is -2.24. The molecule has 0 amide bonds. The maximum Gasteiger partial charge on any atom is 0.307 e. The molecule has 0 aliphatic rings. The van der Waals surface area contributed by atoms with Crippen molar-refractivity contribution >= 4 is 5.97 Å². The summed E-state index contributed by atoms with van der Waals surface area (Å²) in [6.45, 7) is 3.61. The van der Waals surface area contributed by atoms with E-state index in [1.54, 1.807) is 6.92 Å². The Kier molecular flexibility index (Phi) is 5.21. The highest BCUT2D eigenvalue weighted by atomic mass is 16.4. The Labute approximate surface area is 117 Å². The van der Waals surface area contributed by atoms with Crippen molar-refractivity contribution < 1.29 is 25.2 Å². The first-order valence-electron chi connectivity index (χ1n) is 6.46. The van der Waals surface area contributed by atoms with Gasteiger partial charge in [0.25, 0.3) is 0 Å². The molecule has 0 saturated heterocycles. The highest BCUT2D eigenvalue weighted by Gasteiger charge is 2.27. The van der Waals surface area contributed by atoms with Gasteiger partial charge in [0, 0.05) is 12.1 Å². The molecule has 0 saturated carbocycles. The molecule has 6 heteroatoms. The Morgan fingerprint density at radius 3 is 2.25 bits per heavy atom. The number of benzene rings is 1. The second-order valence-corrected chi connectivity index (χ2v) is 5.14. The van der Waals surface area contributed by atoms with Gasteiger partial charge in [-0.2, -0.15) is 0 Å². The predicted octanol–water partition coefficient (Wildman–Crippen LogP) is 1.59. The summed E-state index contributed by atoms with van der Waals surface area (Å²) in [5.74, 6) is -2.91. The maximum absolute atomic E-state index is 11.0. The molecule has 0 aliphatic carbocycles. The van der Waals surface area contributed by atoms with E-state index in [-0.39, 0.29) is 41.2 Å². The highest BCUT2D eigenvalue weighted by molar-refractivity contribution is 5.70. The van der Waals surface area contributed by atoms with E-state index in [1.807, 2.05) is 6.92 Å². The third-order valence-corrected chi connectivity index (χ3v) is 3.77. The van der Waals surface area contributed by atoms with Crippen LogP contribution in [0, 0.1) is 11.8 Å². The largest absolute Gasteiger partial charge is 0.508 e. The fourth-order valence-electron chi connectivity index (χ4n) is 2.27. The van der Waals surface area contributed by atoms with Gasteiger partial charge in [0.15, 0.2) is 11.5 Å². The Balaban J connectivity index is 2.97. The number of carbonyl (C=O) groups is 1. The molecule has 1 rings (SSSR count). The number of rotatable bonds is 6. The van der Waals surface area contributed by atoms with Gasteiger partial charge in [-0.15, -0.1) is 0 Å². The number of hydrogen-bond donors (Lipinski definition) is 5. The van der Waals surface area contributed by atoms with Gasteiger partial charge in [-0.25, -0.2) is 0 Å². The molecule has 0 aromatic heterocycles. The minimum Gasteiger partial charge on any atom is -0.508 e.